The van der Waals surface area contributed by atoms with E-state index < -0.39 is 18.3 Å². The van der Waals surface area contributed by atoms with Gasteiger partial charge in [0.1, 0.15) is 5.59 Å². The highest BCUT2D eigenvalue weighted by Gasteiger charge is 2.52. The molecule has 0 unspecified atom stereocenters. The summed E-state index contributed by atoms with van der Waals surface area (Å²) in [5.41, 5.74) is -0.189. The van der Waals surface area contributed by atoms with Crippen LogP contribution in [0.1, 0.15) is 27.7 Å². The Morgan fingerprint density at radius 3 is 2.25 bits per heavy atom. The highest BCUT2D eigenvalue weighted by molar-refractivity contribution is 6.61. The molecule has 0 aromatic carbocycles. The molecule has 7 nitrogen and oxygen atoms in total. The van der Waals surface area contributed by atoms with Crippen LogP contribution in [0.25, 0.3) is 5.95 Å². The fourth-order valence-corrected chi connectivity index (χ4v) is 1.84. The van der Waals surface area contributed by atoms with E-state index in [1.165, 1.54) is 4.80 Å². The first-order valence-corrected chi connectivity index (χ1v) is 6.44. The molecular formula is C12H16BN5O2. The molecule has 0 amide bonds. The van der Waals surface area contributed by atoms with Gasteiger partial charge < -0.3 is 9.31 Å². The van der Waals surface area contributed by atoms with Gasteiger partial charge in [-0.3, -0.25) is 0 Å². The topological polar surface area (TPSA) is 75.0 Å². The van der Waals surface area contributed by atoms with Crippen LogP contribution >= 0.6 is 0 Å². The zero-order valence-corrected chi connectivity index (χ0v) is 11.9. The van der Waals surface area contributed by atoms with Crippen molar-refractivity contribution < 1.29 is 9.31 Å². The van der Waals surface area contributed by atoms with Crippen LogP contribution in [0.4, 0.5) is 0 Å². The maximum atomic E-state index is 5.92. The molecule has 104 valence electrons. The van der Waals surface area contributed by atoms with E-state index in [4.69, 9.17) is 9.31 Å². The van der Waals surface area contributed by atoms with Gasteiger partial charge in [-0.15, -0.1) is 4.80 Å². The van der Waals surface area contributed by atoms with Gasteiger partial charge in [-0.1, -0.05) is 0 Å². The van der Waals surface area contributed by atoms with Crippen molar-refractivity contribution >= 4 is 12.7 Å². The van der Waals surface area contributed by atoms with Gasteiger partial charge in [0.05, 0.1) is 17.4 Å². The van der Waals surface area contributed by atoms with E-state index in [0.29, 0.717) is 11.5 Å². The third-order valence-corrected chi connectivity index (χ3v) is 3.74. The van der Waals surface area contributed by atoms with E-state index in [2.05, 4.69) is 20.2 Å². The molecule has 0 saturated carbocycles. The van der Waals surface area contributed by atoms with E-state index >= 15 is 0 Å². The summed E-state index contributed by atoms with van der Waals surface area (Å²) in [4.78, 5) is 9.54. The summed E-state index contributed by atoms with van der Waals surface area (Å²) in [5.74, 6) is 0.412. The number of hydrogen-bond donors (Lipinski definition) is 0. The predicted octanol–water partition coefficient (Wildman–Crippen LogP) is 0.356. The van der Waals surface area contributed by atoms with Crippen molar-refractivity contribution in [1.82, 2.24) is 25.0 Å². The van der Waals surface area contributed by atoms with Crippen molar-refractivity contribution in [1.29, 1.82) is 0 Å². The Labute approximate surface area is 117 Å². The molecule has 3 rings (SSSR count). The lowest BCUT2D eigenvalue weighted by Gasteiger charge is -2.32. The first-order valence-electron chi connectivity index (χ1n) is 6.44. The minimum Gasteiger partial charge on any atom is -0.398 e. The fourth-order valence-electron chi connectivity index (χ4n) is 1.84. The van der Waals surface area contributed by atoms with Crippen molar-refractivity contribution in [3.8, 4) is 5.95 Å². The normalized spacial score (nSPS) is 20.3. The van der Waals surface area contributed by atoms with Crippen molar-refractivity contribution in [3.05, 3.63) is 24.7 Å². The Morgan fingerprint density at radius 1 is 1.05 bits per heavy atom. The fraction of sp³-hybridized carbons (Fsp3) is 0.500. The maximum absolute atomic E-state index is 5.92. The van der Waals surface area contributed by atoms with Crippen LogP contribution in [0, 0.1) is 0 Å². The Hall–Kier alpha value is -1.80. The lowest BCUT2D eigenvalue weighted by molar-refractivity contribution is 0.00578. The highest BCUT2D eigenvalue weighted by Crippen LogP contribution is 2.36. The third-order valence-electron chi connectivity index (χ3n) is 3.74. The molecule has 1 saturated heterocycles. The molecule has 1 aliphatic heterocycles. The smallest absolute Gasteiger partial charge is 0.398 e. The molecule has 0 aliphatic carbocycles. The summed E-state index contributed by atoms with van der Waals surface area (Å²) in [6, 6.07) is 1.74. The molecular weight excluding hydrogens is 257 g/mol. The van der Waals surface area contributed by atoms with Crippen LogP contribution in [0.3, 0.4) is 0 Å². The second-order valence-electron chi connectivity index (χ2n) is 5.70. The largest absolute Gasteiger partial charge is 0.518 e. The van der Waals surface area contributed by atoms with Gasteiger partial charge in [-0.05, 0) is 33.8 Å². The van der Waals surface area contributed by atoms with E-state index in [9.17, 15) is 0 Å². The maximum Gasteiger partial charge on any atom is 0.518 e. The molecule has 1 aliphatic rings. The average molecular weight is 273 g/mol. The van der Waals surface area contributed by atoms with Gasteiger partial charge in [-0.2, -0.15) is 10.2 Å². The molecule has 0 atom stereocenters. The van der Waals surface area contributed by atoms with Gasteiger partial charge >= 0.3 is 7.12 Å². The average Bonchev–Trinajstić information content (AvgIpc) is 2.94. The first kappa shape index (κ1) is 13.2. The summed E-state index contributed by atoms with van der Waals surface area (Å²) >= 11 is 0. The van der Waals surface area contributed by atoms with Gasteiger partial charge in [0, 0.05) is 12.4 Å². The number of nitrogens with zero attached hydrogens (tertiary/aromatic N) is 5. The van der Waals surface area contributed by atoms with E-state index in [0.717, 1.165) is 0 Å². The minimum absolute atomic E-state index is 0.398. The molecule has 2 aromatic heterocycles. The zero-order chi connectivity index (χ0) is 14.4. The van der Waals surface area contributed by atoms with E-state index in [1.807, 2.05) is 27.7 Å². The van der Waals surface area contributed by atoms with Crippen molar-refractivity contribution in [2.45, 2.75) is 38.9 Å². The molecule has 0 radical (unpaired) electrons. The Morgan fingerprint density at radius 2 is 1.65 bits per heavy atom. The number of rotatable bonds is 2. The SMILES string of the molecule is CC1(C)OB(c2cnn(-c3ncccn3)n2)OC1(C)C. The van der Waals surface area contributed by atoms with Crippen molar-refractivity contribution in [2.24, 2.45) is 0 Å². The quantitative estimate of drug-likeness (QED) is 0.735. The Bertz CT molecular complexity index is 597. The monoisotopic (exact) mass is 273 g/mol. The van der Waals surface area contributed by atoms with Crippen LogP contribution < -0.4 is 5.59 Å². The summed E-state index contributed by atoms with van der Waals surface area (Å²) in [5, 5.41) is 8.47. The Balaban J connectivity index is 1.86. The second kappa shape index (κ2) is 4.36. The van der Waals surface area contributed by atoms with Gasteiger partial charge in [0.25, 0.3) is 5.95 Å². The lowest BCUT2D eigenvalue weighted by Crippen LogP contribution is -2.41. The number of aromatic nitrogens is 5. The van der Waals surface area contributed by atoms with Crippen LogP contribution in [0.15, 0.2) is 24.7 Å². The molecule has 0 N–H and O–H groups in total. The predicted molar refractivity (Wildman–Crippen MR) is 72.7 cm³/mol. The van der Waals surface area contributed by atoms with Gasteiger partial charge in [-0.25, -0.2) is 9.97 Å². The minimum atomic E-state index is -0.530. The van der Waals surface area contributed by atoms with E-state index in [-0.39, 0.29) is 0 Å². The molecule has 0 bridgehead atoms. The first-order chi connectivity index (χ1) is 9.39. The molecule has 0 spiro atoms. The Kier molecular flexibility index (Phi) is 2.88. The van der Waals surface area contributed by atoms with Gasteiger partial charge in [0.15, 0.2) is 0 Å². The van der Waals surface area contributed by atoms with Gasteiger partial charge in [0.2, 0.25) is 0 Å². The summed E-state index contributed by atoms with van der Waals surface area (Å²) < 4.78 is 11.8. The molecule has 2 aromatic rings. The lowest BCUT2D eigenvalue weighted by atomic mass is 9.86. The zero-order valence-electron chi connectivity index (χ0n) is 11.9. The second-order valence-corrected chi connectivity index (χ2v) is 5.70. The van der Waals surface area contributed by atoms with Crippen LogP contribution in [-0.2, 0) is 9.31 Å². The molecule has 8 heteroatoms. The summed E-state index contributed by atoms with van der Waals surface area (Å²) in [6.07, 6.45) is 4.89. The molecule has 1 fully saturated rings. The highest BCUT2D eigenvalue weighted by atomic mass is 16.7. The number of hydrogen-bond acceptors (Lipinski definition) is 6. The van der Waals surface area contributed by atoms with Crippen molar-refractivity contribution in [2.75, 3.05) is 0 Å². The third kappa shape index (κ3) is 2.10. The summed E-state index contributed by atoms with van der Waals surface area (Å²) in [6.45, 7) is 7.99. The van der Waals surface area contributed by atoms with Crippen molar-refractivity contribution in [3.63, 3.8) is 0 Å². The van der Waals surface area contributed by atoms with Crippen LogP contribution in [0.2, 0.25) is 0 Å². The standard InChI is InChI=1S/C12H16BN5O2/c1-11(2)12(3,4)20-13(19-11)9-8-16-18(17-9)10-14-6-5-7-15-10/h5-8H,1-4H3. The van der Waals surface area contributed by atoms with Crippen LogP contribution in [0.5, 0.6) is 0 Å². The van der Waals surface area contributed by atoms with Crippen LogP contribution in [-0.4, -0.2) is 43.3 Å². The molecule has 20 heavy (non-hydrogen) atoms. The summed E-state index contributed by atoms with van der Waals surface area (Å²) in [7, 11) is -0.530. The van der Waals surface area contributed by atoms with E-state index in [1.54, 1.807) is 24.7 Å². The molecule has 3 heterocycles.